The molecule has 94 valence electrons. The van der Waals surface area contributed by atoms with Crippen LogP contribution < -0.4 is 0 Å². The second-order valence-corrected chi connectivity index (χ2v) is 3.77. The molecule has 0 aliphatic carbocycles. The normalized spacial score (nSPS) is 10.1. The highest BCUT2D eigenvalue weighted by molar-refractivity contribution is 6.08. The summed E-state index contributed by atoms with van der Waals surface area (Å²) in [5.41, 5.74) is 0.618. The van der Waals surface area contributed by atoms with Crippen LogP contribution in [0.1, 0.15) is 30.1 Å². The van der Waals surface area contributed by atoms with Crippen molar-refractivity contribution < 1.29 is 9.53 Å². The minimum absolute atomic E-state index is 0.166. The Balaban J connectivity index is 2.24. The highest BCUT2D eigenvalue weighted by atomic mass is 16.5. The number of carbonyl (C=O) groups is 1. The summed E-state index contributed by atoms with van der Waals surface area (Å²) in [4.78, 5) is 11.6. The zero-order valence-corrected chi connectivity index (χ0v) is 10.7. The lowest BCUT2D eigenvalue weighted by Gasteiger charge is -1.93. The van der Waals surface area contributed by atoms with Gasteiger partial charge in [0.1, 0.15) is 6.61 Å². The Hall–Kier alpha value is -1.85. The van der Waals surface area contributed by atoms with Gasteiger partial charge in [0.15, 0.2) is 0 Å². The first kappa shape index (κ1) is 14.2. The van der Waals surface area contributed by atoms with Crippen molar-refractivity contribution in [2.45, 2.75) is 19.8 Å². The largest absolute Gasteiger partial charge is 0.365 e. The summed E-state index contributed by atoms with van der Waals surface area (Å²) >= 11 is 0. The lowest BCUT2D eigenvalue weighted by Crippen LogP contribution is -1.96. The van der Waals surface area contributed by atoms with Gasteiger partial charge in [-0.3, -0.25) is 4.79 Å². The summed E-state index contributed by atoms with van der Waals surface area (Å²) in [6.07, 6.45) is 6.27. The fraction of sp³-hybridized carbons (Fsp3) is 0.312. The Labute approximate surface area is 109 Å². The fourth-order valence-corrected chi connectivity index (χ4v) is 1.31. The Morgan fingerprint density at radius 3 is 2.78 bits per heavy atom. The van der Waals surface area contributed by atoms with Crippen molar-refractivity contribution in [1.82, 2.24) is 0 Å². The maximum atomic E-state index is 11.6. The van der Waals surface area contributed by atoms with Gasteiger partial charge in [0.2, 0.25) is 5.78 Å². The fourth-order valence-electron chi connectivity index (χ4n) is 1.31. The van der Waals surface area contributed by atoms with Crippen LogP contribution in [-0.2, 0) is 4.74 Å². The first-order chi connectivity index (χ1) is 8.84. The molecule has 2 heteroatoms. The molecule has 0 bridgehead atoms. The molecule has 2 nitrogen and oxygen atoms in total. The van der Waals surface area contributed by atoms with Gasteiger partial charge < -0.3 is 4.74 Å². The molecule has 1 aromatic rings. The molecule has 18 heavy (non-hydrogen) atoms. The van der Waals surface area contributed by atoms with Gasteiger partial charge in [-0.2, -0.15) is 0 Å². The Bertz CT molecular complexity index is 435. The number of ketones is 1. The van der Waals surface area contributed by atoms with Gasteiger partial charge in [0.25, 0.3) is 0 Å². The third-order valence-corrected chi connectivity index (χ3v) is 2.25. The predicted molar refractivity (Wildman–Crippen MR) is 73.4 cm³/mol. The van der Waals surface area contributed by atoms with E-state index in [0.717, 1.165) is 12.8 Å². The minimum atomic E-state index is -0.166. The highest BCUT2D eigenvalue weighted by Gasteiger charge is 1.98. The standard InChI is InChI=1S/C16H18O2/c1-2-3-4-8-13-18-14-9-12-16(17)15-10-6-5-7-11-15/h4-8,10-11H,2-3,13-14H2,1H3/b8-4-. The zero-order valence-electron chi connectivity index (χ0n) is 10.7. The summed E-state index contributed by atoms with van der Waals surface area (Å²) in [5, 5.41) is 0. The molecular weight excluding hydrogens is 224 g/mol. The molecule has 0 aliphatic rings. The Kier molecular flexibility index (Phi) is 7.27. The summed E-state index contributed by atoms with van der Waals surface area (Å²) < 4.78 is 5.25. The number of hydrogen-bond acceptors (Lipinski definition) is 2. The van der Waals surface area contributed by atoms with Crippen LogP contribution in [0.2, 0.25) is 0 Å². The van der Waals surface area contributed by atoms with Crippen molar-refractivity contribution in [3.05, 3.63) is 48.0 Å². The van der Waals surface area contributed by atoms with Crippen molar-refractivity contribution in [3.8, 4) is 11.8 Å². The molecule has 1 rings (SSSR count). The first-order valence-electron chi connectivity index (χ1n) is 6.15. The van der Waals surface area contributed by atoms with Gasteiger partial charge in [0.05, 0.1) is 6.61 Å². The van der Waals surface area contributed by atoms with E-state index in [-0.39, 0.29) is 12.4 Å². The predicted octanol–water partition coefficient (Wildman–Crippen LogP) is 3.25. The van der Waals surface area contributed by atoms with E-state index < -0.39 is 0 Å². The summed E-state index contributed by atoms with van der Waals surface area (Å²) in [6.45, 7) is 2.97. The number of ether oxygens (including phenoxy) is 1. The topological polar surface area (TPSA) is 26.3 Å². The smallest absolute Gasteiger partial charge is 0.235 e. The van der Waals surface area contributed by atoms with Gasteiger partial charge in [-0.25, -0.2) is 0 Å². The second kappa shape index (κ2) is 9.21. The van der Waals surface area contributed by atoms with E-state index in [1.165, 1.54) is 0 Å². The average molecular weight is 242 g/mol. The van der Waals surface area contributed by atoms with Crippen LogP contribution in [0.3, 0.4) is 0 Å². The molecular formula is C16H18O2. The molecule has 0 aliphatic heterocycles. The summed E-state index contributed by atoms with van der Waals surface area (Å²) in [5.74, 6) is 5.12. The molecule has 1 aromatic carbocycles. The third-order valence-electron chi connectivity index (χ3n) is 2.25. The van der Waals surface area contributed by atoms with Gasteiger partial charge in [-0.15, -0.1) is 0 Å². The average Bonchev–Trinajstić information content (AvgIpc) is 2.42. The number of unbranched alkanes of at least 4 members (excludes halogenated alkanes) is 1. The number of benzene rings is 1. The molecule has 0 saturated carbocycles. The lowest BCUT2D eigenvalue weighted by molar-refractivity contribution is 0.105. The number of Topliss-reactive ketones (excluding diaryl/α,β-unsaturated/α-hetero) is 1. The van der Waals surface area contributed by atoms with Crippen molar-refractivity contribution in [2.75, 3.05) is 13.2 Å². The summed E-state index contributed by atoms with van der Waals surface area (Å²) in [6, 6.07) is 9.03. The van der Waals surface area contributed by atoms with E-state index in [4.69, 9.17) is 4.74 Å². The van der Waals surface area contributed by atoms with E-state index in [0.29, 0.717) is 12.2 Å². The molecule has 0 heterocycles. The molecule has 0 N–H and O–H groups in total. The molecule has 0 unspecified atom stereocenters. The van der Waals surface area contributed by atoms with Crippen LogP contribution in [0.15, 0.2) is 42.5 Å². The second-order valence-electron chi connectivity index (χ2n) is 3.77. The molecule has 0 amide bonds. The van der Waals surface area contributed by atoms with Crippen molar-refractivity contribution in [3.63, 3.8) is 0 Å². The number of allylic oxidation sites excluding steroid dienone is 1. The molecule has 0 radical (unpaired) electrons. The van der Waals surface area contributed by atoms with E-state index in [2.05, 4.69) is 24.8 Å². The number of carbonyl (C=O) groups excluding carboxylic acids is 1. The van der Waals surface area contributed by atoms with Crippen LogP contribution in [-0.4, -0.2) is 19.0 Å². The molecule has 0 atom stereocenters. The zero-order chi connectivity index (χ0) is 13.1. The van der Waals surface area contributed by atoms with Gasteiger partial charge in [0, 0.05) is 5.56 Å². The van der Waals surface area contributed by atoms with E-state index in [1.54, 1.807) is 12.1 Å². The van der Waals surface area contributed by atoms with E-state index in [9.17, 15) is 4.79 Å². The maximum Gasteiger partial charge on any atom is 0.235 e. The Morgan fingerprint density at radius 2 is 2.06 bits per heavy atom. The highest BCUT2D eigenvalue weighted by Crippen LogP contribution is 1.98. The number of hydrogen-bond donors (Lipinski definition) is 0. The van der Waals surface area contributed by atoms with Gasteiger partial charge >= 0.3 is 0 Å². The number of rotatable bonds is 6. The summed E-state index contributed by atoms with van der Waals surface area (Å²) in [7, 11) is 0. The van der Waals surface area contributed by atoms with Crippen molar-refractivity contribution in [2.24, 2.45) is 0 Å². The minimum Gasteiger partial charge on any atom is -0.365 e. The molecule has 0 spiro atoms. The van der Waals surface area contributed by atoms with Gasteiger partial charge in [-0.1, -0.05) is 61.7 Å². The molecule has 0 fully saturated rings. The monoisotopic (exact) mass is 242 g/mol. The van der Waals surface area contributed by atoms with E-state index >= 15 is 0 Å². The molecule has 0 aromatic heterocycles. The van der Waals surface area contributed by atoms with Crippen LogP contribution in [0.5, 0.6) is 0 Å². The first-order valence-corrected chi connectivity index (χ1v) is 6.15. The van der Waals surface area contributed by atoms with Crippen LogP contribution >= 0.6 is 0 Å². The van der Waals surface area contributed by atoms with Gasteiger partial charge in [-0.05, 0) is 12.3 Å². The Morgan fingerprint density at radius 1 is 1.28 bits per heavy atom. The van der Waals surface area contributed by atoms with Crippen molar-refractivity contribution in [1.29, 1.82) is 0 Å². The lowest BCUT2D eigenvalue weighted by atomic mass is 10.1. The van der Waals surface area contributed by atoms with Crippen LogP contribution in [0, 0.1) is 11.8 Å². The van der Waals surface area contributed by atoms with Crippen LogP contribution in [0.4, 0.5) is 0 Å². The molecule has 0 saturated heterocycles. The maximum absolute atomic E-state index is 11.6. The quantitative estimate of drug-likeness (QED) is 0.252. The third kappa shape index (κ3) is 6.03. The van der Waals surface area contributed by atoms with E-state index in [1.807, 2.05) is 24.3 Å². The SMILES string of the molecule is CCC/C=C\COCC#CC(=O)c1ccccc1. The van der Waals surface area contributed by atoms with Crippen molar-refractivity contribution >= 4 is 5.78 Å². The van der Waals surface area contributed by atoms with Crippen LogP contribution in [0.25, 0.3) is 0 Å².